The highest BCUT2D eigenvalue weighted by atomic mass is 16.5. The highest BCUT2D eigenvalue weighted by molar-refractivity contribution is 5.92. The van der Waals surface area contributed by atoms with Crippen molar-refractivity contribution in [2.24, 2.45) is 0 Å². The number of anilines is 1. The van der Waals surface area contributed by atoms with Gasteiger partial charge in [-0.1, -0.05) is 6.07 Å². The van der Waals surface area contributed by atoms with Gasteiger partial charge in [0, 0.05) is 26.7 Å². The lowest BCUT2D eigenvalue weighted by molar-refractivity contribution is 0.0932. The summed E-state index contributed by atoms with van der Waals surface area (Å²) in [5, 5.41) is 2.76. The highest BCUT2D eigenvalue weighted by Gasteiger charge is 2.14. The normalized spacial score (nSPS) is 15.3. The monoisotopic (exact) mass is 265 g/mol. The second-order valence-electron chi connectivity index (χ2n) is 4.23. The van der Waals surface area contributed by atoms with Crippen LogP contribution in [0, 0.1) is 0 Å². The Morgan fingerprint density at radius 3 is 3.00 bits per heavy atom. The fourth-order valence-electron chi connectivity index (χ4n) is 1.88. The maximum atomic E-state index is 11.9. The molecule has 1 amide bonds. The Kier molecular flexibility index (Phi) is 5.11. The van der Waals surface area contributed by atoms with Crippen LogP contribution in [-0.4, -0.2) is 57.5 Å². The van der Waals surface area contributed by atoms with Gasteiger partial charge in [-0.2, -0.15) is 0 Å². The molecule has 1 saturated heterocycles. The lowest BCUT2D eigenvalue weighted by atomic mass is 10.3. The maximum absolute atomic E-state index is 11.9. The van der Waals surface area contributed by atoms with Crippen LogP contribution < -0.4 is 10.2 Å². The van der Waals surface area contributed by atoms with E-state index in [1.54, 1.807) is 13.2 Å². The van der Waals surface area contributed by atoms with Gasteiger partial charge in [0.2, 0.25) is 0 Å². The molecule has 0 radical (unpaired) electrons. The molecule has 104 valence electrons. The van der Waals surface area contributed by atoms with Crippen molar-refractivity contribution >= 4 is 11.7 Å². The van der Waals surface area contributed by atoms with Gasteiger partial charge in [-0.25, -0.2) is 4.98 Å². The Morgan fingerprint density at radius 1 is 1.47 bits per heavy atom. The summed E-state index contributed by atoms with van der Waals surface area (Å²) >= 11 is 0. The molecular weight excluding hydrogens is 246 g/mol. The first-order valence-corrected chi connectivity index (χ1v) is 6.38. The standard InChI is InChI=1S/C13H19N3O3/c1-18-8-5-14-13(17)11-3-2-4-12(15-11)16-6-9-19-10-7-16/h2-4H,5-10H2,1H3,(H,14,17). The van der Waals surface area contributed by atoms with Crippen LogP contribution in [0.3, 0.4) is 0 Å². The van der Waals surface area contributed by atoms with E-state index in [4.69, 9.17) is 9.47 Å². The van der Waals surface area contributed by atoms with E-state index >= 15 is 0 Å². The van der Waals surface area contributed by atoms with Gasteiger partial charge < -0.3 is 19.7 Å². The average Bonchev–Trinajstić information content (AvgIpc) is 2.48. The number of carbonyl (C=O) groups is 1. The van der Waals surface area contributed by atoms with E-state index < -0.39 is 0 Å². The smallest absolute Gasteiger partial charge is 0.270 e. The third kappa shape index (κ3) is 3.90. The number of rotatable bonds is 5. The quantitative estimate of drug-likeness (QED) is 0.776. The zero-order valence-corrected chi connectivity index (χ0v) is 11.1. The van der Waals surface area contributed by atoms with Gasteiger partial charge >= 0.3 is 0 Å². The molecule has 1 N–H and O–H groups in total. The molecule has 0 aliphatic carbocycles. The van der Waals surface area contributed by atoms with Gasteiger partial charge in [-0.15, -0.1) is 0 Å². The Hall–Kier alpha value is -1.66. The second-order valence-corrected chi connectivity index (χ2v) is 4.23. The number of morpholine rings is 1. The van der Waals surface area contributed by atoms with Crippen LogP contribution in [0.25, 0.3) is 0 Å². The fraction of sp³-hybridized carbons (Fsp3) is 0.538. The third-order valence-corrected chi connectivity index (χ3v) is 2.89. The number of amides is 1. The van der Waals surface area contributed by atoms with E-state index in [1.165, 1.54) is 0 Å². The molecule has 1 fully saturated rings. The molecule has 2 rings (SSSR count). The number of hydrogen-bond acceptors (Lipinski definition) is 5. The van der Waals surface area contributed by atoms with Crippen molar-refractivity contribution in [1.82, 2.24) is 10.3 Å². The third-order valence-electron chi connectivity index (χ3n) is 2.89. The van der Waals surface area contributed by atoms with Crippen LogP contribution in [0.4, 0.5) is 5.82 Å². The second kappa shape index (κ2) is 7.06. The first-order valence-electron chi connectivity index (χ1n) is 6.38. The van der Waals surface area contributed by atoms with Crippen molar-refractivity contribution in [3.63, 3.8) is 0 Å². The molecule has 0 saturated carbocycles. The summed E-state index contributed by atoms with van der Waals surface area (Å²) in [6.45, 7) is 4.00. The Morgan fingerprint density at radius 2 is 2.26 bits per heavy atom. The Balaban J connectivity index is 1.99. The molecular formula is C13H19N3O3. The van der Waals surface area contributed by atoms with Crippen molar-refractivity contribution in [2.75, 3.05) is 51.5 Å². The van der Waals surface area contributed by atoms with Crippen LogP contribution in [0.1, 0.15) is 10.5 Å². The van der Waals surface area contributed by atoms with E-state index in [9.17, 15) is 4.79 Å². The zero-order valence-electron chi connectivity index (χ0n) is 11.1. The molecule has 1 aromatic rings. The summed E-state index contributed by atoms with van der Waals surface area (Å²) in [4.78, 5) is 18.4. The molecule has 0 aromatic carbocycles. The van der Waals surface area contributed by atoms with Crippen LogP contribution in [0.2, 0.25) is 0 Å². The number of carbonyl (C=O) groups excluding carboxylic acids is 1. The predicted octanol–water partition coefficient (Wildman–Crippen LogP) is 0.294. The van der Waals surface area contributed by atoms with E-state index in [-0.39, 0.29) is 5.91 Å². The number of nitrogens with one attached hydrogen (secondary N) is 1. The highest BCUT2D eigenvalue weighted by Crippen LogP contribution is 2.13. The van der Waals surface area contributed by atoms with E-state index in [0.29, 0.717) is 32.1 Å². The summed E-state index contributed by atoms with van der Waals surface area (Å²) in [6.07, 6.45) is 0. The molecule has 1 aliphatic rings. The lowest BCUT2D eigenvalue weighted by Gasteiger charge is -2.27. The van der Waals surface area contributed by atoms with E-state index in [1.807, 2.05) is 12.1 Å². The number of nitrogens with zero attached hydrogens (tertiary/aromatic N) is 2. The fourth-order valence-corrected chi connectivity index (χ4v) is 1.88. The zero-order chi connectivity index (χ0) is 13.5. The Labute approximate surface area is 112 Å². The van der Waals surface area contributed by atoms with Crippen LogP contribution in [0.15, 0.2) is 18.2 Å². The van der Waals surface area contributed by atoms with Gasteiger partial charge in [-0.3, -0.25) is 4.79 Å². The van der Waals surface area contributed by atoms with E-state index in [2.05, 4.69) is 15.2 Å². The summed E-state index contributed by atoms with van der Waals surface area (Å²) < 4.78 is 10.2. The van der Waals surface area contributed by atoms with Gasteiger partial charge in [0.05, 0.1) is 19.8 Å². The molecule has 0 atom stereocenters. The molecule has 1 aromatic heterocycles. The number of aromatic nitrogens is 1. The molecule has 0 unspecified atom stereocenters. The van der Waals surface area contributed by atoms with Crippen molar-refractivity contribution in [3.8, 4) is 0 Å². The minimum absolute atomic E-state index is 0.174. The van der Waals surface area contributed by atoms with Gasteiger partial charge in [0.15, 0.2) is 0 Å². The van der Waals surface area contributed by atoms with Crippen molar-refractivity contribution < 1.29 is 14.3 Å². The predicted molar refractivity (Wildman–Crippen MR) is 71.5 cm³/mol. The number of pyridine rings is 1. The van der Waals surface area contributed by atoms with Crippen LogP contribution in [0.5, 0.6) is 0 Å². The van der Waals surface area contributed by atoms with Crippen molar-refractivity contribution in [2.45, 2.75) is 0 Å². The summed E-state index contributed by atoms with van der Waals surface area (Å²) in [5.74, 6) is 0.648. The molecule has 6 heteroatoms. The number of methoxy groups -OCH3 is 1. The van der Waals surface area contributed by atoms with Gasteiger partial charge in [-0.05, 0) is 12.1 Å². The minimum Gasteiger partial charge on any atom is -0.383 e. The first-order chi connectivity index (χ1) is 9.31. The molecule has 19 heavy (non-hydrogen) atoms. The SMILES string of the molecule is COCCNC(=O)c1cccc(N2CCOCC2)n1. The van der Waals surface area contributed by atoms with E-state index in [0.717, 1.165) is 18.9 Å². The molecule has 2 heterocycles. The van der Waals surface area contributed by atoms with Crippen molar-refractivity contribution in [1.29, 1.82) is 0 Å². The minimum atomic E-state index is -0.174. The maximum Gasteiger partial charge on any atom is 0.270 e. The summed E-state index contributed by atoms with van der Waals surface area (Å²) in [5.41, 5.74) is 0.431. The Bertz CT molecular complexity index is 419. The number of ether oxygens (including phenoxy) is 2. The van der Waals surface area contributed by atoms with Crippen LogP contribution in [-0.2, 0) is 9.47 Å². The van der Waals surface area contributed by atoms with Crippen LogP contribution >= 0.6 is 0 Å². The topological polar surface area (TPSA) is 63.7 Å². The van der Waals surface area contributed by atoms with Gasteiger partial charge in [0.25, 0.3) is 5.91 Å². The van der Waals surface area contributed by atoms with Gasteiger partial charge in [0.1, 0.15) is 11.5 Å². The number of hydrogen-bond donors (Lipinski definition) is 1. The molecule has 0 spiro atoms. The average molecular weight is 265 g/mol. The van der Waals surface area contributed by atoms with Crippen molar-refractivity contribution in [3.05, 3.63) is 23.9 Å². The lowest BCUT2D eigenvalue weighted by Crippen LogP contribution is -2.37. The molecule has 6 nitrogen and oxygen atoms in total. The summed E-state index contributed by atoms with van der Waals surface area (Å²) in [7, 11) is 1.60. The summed E-state index contributed by atoms with van der Waals surface area (Å²) in [6, 6.07) is 5.48. The first kappa shape index (κ1) is 13.8. The molecule has 0 bridgehead atoms. The largest absolute Gasteiger partial charge is 0.383 e. The molecule has 1 aliphatic heterocycles.